The molecule has 0 spiro atoms. The van der Waals surface area contributed by atoms with E-state index in [-0.39, 0.29) is 11.5 Å². The highest BCUT2D eigenvalue weighted by Gasteiger charge is 2.41. The molecule has 4 nitrogen and oxygen atoms in total. The van der Waals surface area contributed by atoms with Crippen molar-refractivity contribution in [2.75, 3.05) is 26.9 Å². The highest BCUT2D eigenvalue weighted by molar-refractivity contribution is 6.60. The number of methoxy groups -OCH3 is 1. The average Bonchev–Trinajstić information content (AvgIpc) is 3.12. The molecule has 0 bridgehead atoms. The van der Waals surface area contributed by atoms with Crippen molar-refractivity contribution in [2.24, 2.45) is 5.41 Å². The van der Waals surface area contributed by atoms with Crippen LogP contribution in [0.4, 0.5) is 0 Å². The summed E-state index contributed by atoms with van der Waals surface area (Å²) in [5, 5.41) is 17.9. The van der Waals surface area contributed by atoms with Crippen molar-refractivity contribution < 1.29 is 18.0 Å². The van der Waals surface area contributed by atoms with Gasteiger partial charge in [-0.05, 0) is 188 Å². The van der Waals surface area contributed by atoms with E-state index in [4.69, 9.17) is 18.0 Å². The van der Waals surface area contributed by atoms with Crippen LogP contribution in [0.25, 0.3) is 76.8 Å². The van der Waals surface area contributed by atoms with Crippen molar-refractivity contribution in [3.05, 3.63) is 107 Å². The van der Waals surface area contributed by atoms with Crippen LogP contribution in [0.15, 0.2) is 97.1 Å². The number of hydrogen-bond acceptors (Lipinski definition) is 4. The normalized spacial score (nSPS) is 17.0. The molecule has 5 heteroatoms. The molecular weight excluding hydrogens is 645 g/mol. The number of hydrogen-bond donors (Lipinski definition) is 0. The molecule has 51 heavy (non-hydrogen) atoms. The molecule has 1 aliphatic rings. The van der Waals surface area contributed by atoms with Gasteiger partial charge in [-0.1, -0.05) is 43.3 Å². The molecule has 2 atom stereocenters. The second-order valence-electron chi connectivity index (χ2n) is 14.5. The summed E-state index contributed by atoms with van der Waals surface area (Å²) in [6.45, 7) is 10.2. The molecule has 0 aromatic heterocycles. The lowest BCUT2D eigenvalue weighted by atomic mass is 9.75. The van der Waals surface area contributed by atoms with Crippen LogP contribution in [0.2, 0.25) is 6.04 Å². The first kappa shape index (κ1) is 34.0. The topological polar surface area (TPSA) is 36.9 Å². The van der Waals surface area contributed by atoms with Crippen molar-refractivity contribution in [3.8, 4) is 0 Å². The largest absolute Gasteiger partial charge is 0.500 e. The van der Waals surface area contributed by atoms with Gasteiger partial charge in [0.15, 0.2) is 0 Å². The average molecular weight is 693 g/mol. The van der Waals surface area contributed by atoms with Crippen LogP contribution in [0.5, 0.6) is 0 Å². The van der Waals surface area contributed by atoms with E-state index in [9.17, 15) is 0 Å². The number of rotatable bonds is 12. The summed E-state index contributed by atoms with van der Waals surface area (Å²) in [4.78, 5) is 0. The van der Waals surface area contributed by atoms with E-state index < -0.39 is 8.80 Å². The number of ether oxygens (including phenoxy) is 1. The van der Waals surface area contributed by atoms with Crippen LogP contribution in [-0.4, -0.2) is 41.8 Å². The van der Waals surface area contributed by atoms with Gasteiger partial charge in [-0.15, -0.1) is 0 Å². The van der Waals surface area contributed by atoms with Gasteiger partial charge in [0.05, 0.1) is 6.10 Å². The quantitative estimate of drug-likeness (QED) is 0.0944. The highest BCUT2D eigenvalue weighted by atomic mass is 28.4. The summed E-state index contributed by atoms with van der Waals surface area (Å²) in [7, 11) is -0.835. The van der Waals surface area contributed by atoms with Crippen molar-refractivity contribution >= 4 is 85.6 Å². The van der Waals surface area contributed by atoms with Crippen molar-refractivity contribution in [1.29, 1.82) is 0 Å². The van der Waals surface area contributed by atoms with Gasteiger partial charge < -0.3 is 18.0 Å². The minimum atomic E-state index is -2.68. The van der Waals surface area contributed by atoms with E-state index >= 15 is 0 Å². The maximum atomic E-state index is 6.20. The third-order valence-corrected chi connectivity index (χ3v) is 14.2. The first-order chi connectivity index (χ1) is 24.8. The lowest BCUT2D eigenvalue weighted by molar-refractivity contribution is 0.0230. The summed E-state index contributed by atoms with van der Waals surface area (Å²) < 4.78 is 24.6. The van der Waals surface area contributed by atoms with E-state index in [0.29, 0.717) is 19.8 Å². The van der Waals surface area contributed by atoms with Crippen LogP contribution in [0.1, 0.15) is 47.0 Å². The van der Waals surface area contributed by atoms with Crippen LogP contribution in [0, 0.1) is 5.41 Å². The van der Waals surface area contributed by atoms with E-state index in [0.717, 1.165) is 25.3 Å². The fourth-order valence-electron chi connectivity index (χ4n) is 8.53. The summed E-state index contributed by atoms with van der Waals surface area (Å²) in [6, 6.07) is 37.7. The zero-order valence-corrected chi connectivity index (χ0v) is 31.6. The Morgan fingerprint density at radius 1 is 0.569 bits per heavy atom. The third-order valence-electron chi connectivity index (χ3n) is 11.0. The predicted molar refractivity (Wildman–Crippen MR) is 218 cm³/mol. The highest BCUT2D eigenvalue weighted by Crippen LogP contribution is 2.37. The van der Waals surface area contributed by atoms with Crippen LogP contribution in [-0.2, 0) is 18.0 Å². The Labute approximate surface area is 301 Å². The van der Waals surface area contributed by atoms with E-state index in [1.54, 1.807) is 0 Å². The maximum Gasteiger partial charge on any atom is 0.500 e. The first-order valence-electron chi connectivity index (χ1n) is 18.7. The molecule has 0 saturated carbocycles. The molecule has 0 heterocycles. The SMILES string of the molecule is CCO[Si](CCCC(OC)C1(C)C=c2cc3cc4cc5cc6cc7cc8ccccc8cc7cc6cc5cc4cc3cc2=CC1)(OCC)OCC. The molecule has 7 aromatic rings. The minimum absolute atomic E-state index is 0.0720. The van der Waals surface area contributed by atoms with Gasteiger partial charge in [-0.2, -0.15) is 0 Å². The molecule has 0 aliphatic heterocycles. The molecule has 260 valence electrons. The number of benzene rings is 7. The van der Waals surface area contributed by atoms with E-state index in [1.165, 1.54) is 75.1 Å². The zero-order chi connectivity index (χ0) is 35.2. The van der Waals surface area contributed by atoms with Crippen molar-refractivity contribution in [3.63, 3.8) is 0 Å². The Hall–Kier alpha value is -4.10. The summed E-state index contributed by atoms with van der Waals surface area (Å²) in [5.74, 6) is 0. The Morgan fingerprint density at radius 2 is 0.961 bits per heavy atom. The fourth-order valence-corrected chi connectivity index (χ4v) is 11.2. The van der Waals surface area contributed by atoms with E-state index in [1.807, 2.05) is 27.9 Å². The standard InChI is InChI=1S/C46H48O4Si/c1-6-48-51(49-7-2,50-8-3)17-11-14-45(47-5)46(4)16-15-33-20-36-23-39-26-40-24-37-21-34-18-31-12-9-10-13-32(31)19-35(34)22-38(37)25-41(40)27-42(39)28-43(36)29-44(33)30-46/h9-10,12-13,15,18-30,45H,6-8,11,14,16-17H2,1-5H3. The summed E-state index contributed by atoms with van der Waals surface area (Å²) in [5.41, 5.74) is -0.118. The fraction of sp³-hybridized carbons (Fsp3) is 0.304. The van der Waals surface area contributed by atoms with Gasteiger partial charge in [-0.3, -0.25) is 0 Å². The molecule has 0 radical (unpaired) electrons. The molecule has 8 rings (SSSR count). The third kappa shape index (κ3) is 6.47. The van der Waals surface area contributed by atoms with Crippen LogP contribution < -0.4 is 10.4 Å². The predicted octanol–water partition coefficient (Wildman–Crippen LogP) is 10.4. The smallest absolute Gasteiger partial charge is 0.381 e. The molecule has 0 amide bonds. The summed E-state index contributed by atoms with van der Waals surface area (Å²) in [6.07, 6.45) is 7.72. The van der Waals surface area contributed by atoms with Crippen molar-refractivity contribution in [2.45, 2.75) is 59.1 Å². The van der Waals surface area contributed by atoms with Gasteiger partial charge >= 0.3 is 8.80 Å². The number of fused-ring (bicyclic) bond motifs is 7. The Morgan fingerprint density at radius 3 is 1.37 bits per heavy atom. The molecule has 0 N–H and O–H groups in total. The van der Waals surface area contributed by atoms with Gasteiger partial charge in [0.2, 0.25) is 0 Å². The lowest BCUT2D eigenvalue weighted by Gasteiger charge is -2.36. The first-order valence-corrected chi connectivity index (χ1v) is 20.6. The summed E-state index contributed by atoms with van der Waals surface area (Å²) >= 11 is 0. The van der Waals surface area contributed by atoms with Gasteiger partial charge in [0.25, 0.3) is 0 Å². The molecule has 0 saturated heterocycles. The Balaban J connectivity index is 1.12. The molecule has 0 fully saturated rings. The Bertz CT molecular complexity index is 2540. The zero-order valence-electron chi connectivity index (χ0n) is 30.6. The molecule has 1 aliphatic carbocycles. The van der Waals surface area contributed by atoms with Crippen LogP contribution in [0.3, 0.4) is 0 Å². The van der Waals surface area contributed by atoms with Crippen molar-refractivity contribution in [1.82, 2.24) is 0 Å². The second kappa shape index (κ2) is 13.8. The van der Waals surface area contributed by atoms with E-state index in [2.05, 4.69) is 116 Å². The Kier molecular flexibility index (Phi) is 9.20. The molecule has 7 aromatic carbocycles. The van der Waals surface area contributed by atoms with Gasteiger partial charge in [0, 0.05) is 38.4 Å². The van der Waals surface area contributed by atoms with Gasteiger partial charge in [0.1, 0.15) is 0 Å². The molecule has 2 unspecified atom stereocenters. The maximum absolute atomic E-state index is 6.20. The monoisotopic (exact) mass is 692 g/mol. The van der Waals surface area contributed by atoms with Gasteiger partial charge in [-0.25, -0.2) is 0 Å². The minimum Gasteiger partial charge on any atom is -0.381 e. The molecular formula is C46H48O4Si. The van der Waals surface area contributed by atoms with Crippen LogP contribution >= 0.6 is 0 Å². The lowest BCUT2D eigenvalue weighted by Crippen LogP contribution is -2.46. The second-order valence-corrected chi connectivity index (χ2v) is 17.2.